The Bertz CT molecular complexity index is 1540. The lowest BCUT2D eigenvalue weighted by atomic mass is 10.1. The van der Waals surface area contributed by atoms with Crippen LogP contribution in [0.4, 0.5) is 0 Å². The van der Waals surface area contributed by atoms with Crippen LogP contribution in [-0.2, 0) is 16.1 Å². The summed E-state index contributed by atoms with van der Waals surface area (Å²) in [4.78, 5) is 21.4. The average Bonchev–Trinajstić information content (AvgIpc) is 3.31. The zero-order chi connectivity index (χ0) is 22.1. The molecule has 4 aromatic carbocycles. The smallest absolute Gasteiger partial charge is 0.305 e. The van der Waals surface area contributed by atoms with Crippen LogP contribution in [0.2, 0.25) is 0 Å². The quantitative estimate of drug-likeness (QED) is 0.385. The lowest BCUT2D eigenvalue weighted by Crippen LogP contribution is -2.22. The Hall–Kier alpha value is -3.73. The second kappa shape index (κ2) is 8.42. The Balaban J connectivity index is 1.69. The summed E-state index contributed by atoms with van der Waals surface area (Å²) in [6, 6.07) is 20.9. The molecule has 0 aliphatic heterocycles. The van der Waals surface area contributed by atoms with Gasteiger partial charge in [0.15, 0.2) is 0 Å². The molecular weight excluding hydrogens is 398 g/mol. The molecule has 0 amide bonds. The highest BCUT2D eigenvalue weighted by atomic mass is 16.5. The molecule has 0 aliphatic carbocycles. The van der Waals surface area contributed by atoms with E-state index in [-0.39, 0.29) is 5.97 Å². The maximum absolute atomic E-state index is 11.8. The van der Waals surface area contributed by atoms with Crippen molar-refractivity contribution in [1.29, 1.82) is 0 Å². The van der Waals surface area contributed by atoms with E-state index < -0.39 is 0 Å². The summed E-state index contributed by atoms with van der Waals surface area (Å²) in [5.41, 5.74) is 2.01. The Morgan fingerprint density at radius 2 is 1.84 bits per heavy atom. The third-order valence-corrected chi connectivity index (χ3v) is 5.95. The van der Waals surface area contributed by atoms with Crippen molar-refractivity contribution in [2.75, 3.05) is 13.7 Å². The van der Waals surface area contributed by atoms with Crippen molar-refractivity contribution in [1.82, 2.24) is 9.55 Å². The fourth-order valence-corrected chi connectivity index (χ4v) is 4.61. The molecule has 0 saturated heterocycles. The monoisotopic (exact) mass is 423 g/mol. The number of benzene rings is 3. The molecule has 0 bridgehead atoms. The van der Waals surface area contributed by atoms with Crippen LogP contribution in [-0.4, -0.2) is 29.2 Å². The van der Waals surface area contributed by atoms with Gasteiger partial charge in [-0.25, -0.2) is 4.98 Å². The number of hydrogen-bond donors (Lipinski definition) is 0. The van der Waals surface area contributed by atoms with Crippen molar-refractivity contribution in [2.24, 2.45) is 4.99 Å². The number of aryl methyl sites for hydroxylation is 1. The molecule has 0 unspecified atom stereocenters. The molecule has 0 radical (unpaired) electrons. The van der Waals surface area contributed by atoms with Crippen molar-refractivity contribution in [3.8, 4) is 0 Å². The van der Waals surface area contributed by atoms with Gasteiger partial charge in [0.2, 0.25) is 0 Å². The number of carbonyl (C=O) groups excluding carboxylic acids is 1. The van der Waals surface area contributed by atoms with Crippen molar-refractivity contribution < 1.29 is 9.53 Å². The van der Waals surface area contributed by atoms with E-state index in [1.807, 2.05) is 32.2 Å². The molecule has 0 N–H and O–H groups in total. The SMILES string of the molecule is CCOC(=O)CCCn1c(/C=c2\c(=N/C)c3cccc4cccc2c43)nc2ccccc21. The predicted molar refractivity (Wildman–Crippen MR) is 129 cm³/mol. The second-order valence-electron chi connectivity index (χ2n) is 7.86. The van der Waals surface area contributed by atoms with Crippen LogP contribution in [0, 0.1) is 0 Å². The zero-order valence-corrected chi connectivity index (χ0v) is 18.3. The minimum absolute atomic E-state index is 0.157. The maximum atomic E-state index is 11.8. The fraction of sp³-hybridized carbons (Fsp3) is 0.222. The first-order valence-corrected chi connectivity index (χ1v) is 11.0. The van der Waals surface area contributed by atoms with E-state index in [1.54, 1.807) is 0 Å². The first kappa shape index (κ1) is 20.2. The number of nitrogens with zero attached hydrogens (tertiary/aromatic N) is 3. The van der Waals surface area contributed by atoms with E-state index >= 15 is 0 Å². The van der Waals surface area contributed by atoms with E-state index in [0.717, 1.165) is 32.8 Å². The highest BCUT2D eigenvalue weighted by molar-refractivity contribution is 6.11. The maximum Gasteiger partial charge on any atom is 0.305 e. The molecule has 0 fully saturated rings. The molecule has 0 atom stereocenters. The summed E-state index contributed by atoms with van der Waals surface area (Å²) < 4.78 is 7.28. The third kappa shape index (κ3) is 3.40. The normalized spacial score (nSPS) is 13.1. The Labute approximate surface area is 186 Å². The molecule has 5 nitrogen and oxygen atoms in total. The summed E-state index contributed by atoms with van der Waals surface area (Å²) in [6.45, 7) is 2.93. The topological polar surface area (TPSA) is 56.5 Å². The molecule has 5 aromatic rings. The fourth-order valence-electron chi connectivity index (χ4n) is 4.61. The van der Waals surface area contributed by atoms with Crippen LogP contribution < -0.4 is 10.6 Å². The molecule has 0 aliphatic rings. The Morgan fingerprint density at radius 1 is 1.06 bits per heavy atom. The Kier molecular flexibility index (Phi) is 5.31. The number of fused-ring (bicyclic) bond motifs is 1. The van der Waals surface area contributed by atoms with Gasteiger partial charge in [-0.1, -0.05) is 48.5 Å². The van der Waals surface area contributed by atoms with Crippen molar-refractivity contribution >= 4 is 44.6 Å². The van der Waals surface area contributed by atoms with Gasteiger partial charge < -0.3 is 9.30 Å². The van der Waals surface area contributed by atoms with E-state index in [1.165, 1.54) is 16.2 Å². The number of aromatic nitrogens is 2. The number of carbonyl (C=O) groups is 1. The zero-order valence-electron chi connectivity index (χ0n) is 18.3. The minimum Gasteiger partial charge on any atom is -0.466 e. The van der Waals surface area contributed by atoms with Gasteiger partial charge >= 0.3 is 5.97 Å². The van der Waals surface area contributed by atoms with Gasteiger partial charge in [0.25, 0.3) is 0 Å². The molecule has 0 spiro atoms. The van der Waals surface area contributed by atoms with E-state index in [9.17, 15) is 4.79 Å². The highest BCUT2D eigenvalue weighted by Gasteiger charge is 2.13. The number of ether oxygens (including phenoxy) is 1. The van der Waals surface area contributed by atoms with Crippen LogP contribution in [0.15, 0.2) is 65.7 Å². The van der Waals surface area contributed by atoms with Gasteiger partial charge in [0, 0.05) is 30.6 Å². The van der Waals surface area contributed by atoms with Gasteiger partial charge in [0.05, 0.1) is 23.0 Å². The van der Waals surface area contributed by atoms with Gasteiger partial charge in [-0.2, -0.15) is 0 Å². The van der Waals surface area contributed by atoms with Crippen molar-refractivity contribution in [3.05, 3.63) is 77.1 Å². The lowest BCUT2D eigenvalue weighted by Gasteiger charge is -2.07. The van der Waals surface area contributed by atoms with Gasteiger partial charge in [0.1, 0.15) is 5.82 Å². The average molecular weight is 424 g/mol. The van der Waals surface area contributed by atoms with Crippen LogP contribution >= 0.6 is 0 Å². The van der Waals surface area contributed by atoms with Gasteiger partial charge in [-0.15, -0.1) is 0 Å². The summed E-state index contributed by atoms with van der Waals surface area (Å²) in [5, 5.41) is 6.88. The first-order valence-electron chi connectivity index (χ1n) is 11.0. The van der Waals surface area contributed by atoms with E-state index in [4.69, 9.17) is 9.72 Å². The highest BCUT2D eigenvalue weighted by Crippen LogP contribution is 2.23. The lowest BCUT2D eigenvalue weighted by molar-refractivity contribution is -0.143. The van der Waals surface area contributed by atoms with E-state index in [0.29, 0.717) is 26.0 Å². The number of rotatable bonds is 6. The summed E-state index contributed by atoms with van der Waals surface area (Å²) in [5.74, 6) is 0.714. The third-order valence-electron chi connectivity index (χ3n) is 5.95. The largest absolute Gasteiger partial charge is 0.466 e. The molecule has 1 aromatic heterocycles. The van der Waals surface area contributed by atoms with Crippen LogP contribution in [0.25, 0.3) is 38.7 Å². The molecule has 5 heteroatoms. The predicted octanol–water partition coefficient (Wildman–Crippen LogP) is 4.20. The number of hydrogen-bond acceptors (Lipinski definition) is 4. The molecule has 5 rings (SSSR count). The molecule has 160 valence electrons. The second-order valence-corrected chi connectivity index (χ2v) is 7.86. The number of para-hydroxylation sites is 2. The molecular formula is C27H25N3O2. The molecule has 32 heavy (non-hydrogen) atoms. The van der Waals surface area contributed by atoms with E-state index in [2.05, 4.69) is 58.1 Å². The summed E-state index contributed by atoms with van der Waals surface area (Å²) in [6.07, 6.45) is 3.23. The standard InChI is InChI=1S/C27H25N3O2/c1-3-32-25(31)15-8-16-30-23-14-5-4-13-22(23)29-24(30)17-21-19-11-6-9-18-10-7-12-20(26(18)19)27(21)28-2/h4-7,9-14,17H,3,8,15-16H2,1-2H3/b21-17-,28-27-. The van der Waals surface area contributed by atoms with Gasteiger partial charge in [-0.05, 0) is 47.7 Å². The molecule has 0 saturated carbocycles. The first-order chi connectivity index (χ1) is 15.7. The van der Waals surface area contributed by atoms with Crippen molar-refractivity contribution in [3.63, 3.8) is 0 Å². The van der Waals surface area contributed by atoms with Gasteiger partial charge in [-0.3, -0.25) is 9.79 Å². The Morgan fingerprint density at radius 3 is 2.62 bits per heavy atom. The van der Waals surface area contributed by atoms with Crippen LogP contribution in [0.1, 0.15) is 25.6 Å². The number of esters is 1. The van der Waals surface area contributed by atoms with Crippen molar-refractivity contribution in [2.45, 2.75) is 26.3 Å². The number of imidazole rings is 1. The summed E-state index contributed by atoms with van der Waals surface area (Å²) >= 11 is 0. The van der Waals surface area contributed by atoms with Crippen LogP contribution in [0.5, 0.6) is 0 Å². The van der Waals surface area contributed by atoms with Crippen LogP contribution in [0.3, 0.4) is 0 Å². The summed E-state index contributed by atoms with van der Waals surface area (Å²) in [7, 11) is 1.84. The molecule has 1 heterocycles. The minimum atomic E-state index is -0.157.